The number of rotatable bonds is 2. The summed E-state index contributed by atoms with van der Waals surface area (Å²) in [6.07, 6.45) is 1.39. The summed E-state index contributed by atoms with van der Waals surface area (Å²) in [5, 5.41) is 9.71. The molecule has 17 heavy (non-hydrogen) atoms. The zero-order valence-corrected chi connectivity index (χ0v) is 10.0. The van der Waals surface area contributed by atoms with E-state index in [0.717, 1.165) is 0 Å². The summed E-state index contributed by atoms with van der Waals surface area (Å²) in [5.41, 5.74) is 0.853. The van der Waals surface area contributed by atoms with Crippen LogP contribution in [0.1, 0.15) is 0 Å². The molecular formula is C11H9ClN3O2+. The standard InChI is InChI=1S/C11H9ClN3O2/c1-16-9-3-6-7(4-10(9)17-2)14-5-8(15-13)11(6)12/h3-5H,1-2H3/q+1. The summed E-state index contributed by atoms with van der Waals surface area (Å²) < 4.78 is 10.3. The quantitative estimate of drug-likeness (QED) is 0.767. The number of nitrogens with zero attached hydrogens (tertiary/aromatic N) is 3. The van der Waals surface area contributed by atoms with Crippen molar-refractivity contribution in [1.82, 2.24) is 4.98 Å². The highest BCUT2D eigenvalue weighted by Gasteiger charge is 2.18. The highest BCUT2D eigenvalue weighted by Crippen LogP contribution is 2.37. The molecule has 0 saturated carbocycles. The smallest absolute Gasteiger partial charge is 0.422 e. The summed E-state index contributed by atoms with van der Waals surface area (Å²) in [7, 11) is 3.08. The minimum Gasteiger partial charge on any atom is -0.493 e. The van der Waals surface area contributed by atoms with Gasteiger partial charge >= 0.3 is 5.69 Å². The van der Waals surface area contributed by atoms with Crippen LogP contribution in [0.2, 0.25) is 5.02 Å². The number of halogens is 1. The van der Waals surface area contributed by atoms with Crippen molar-refractivity contribution in [3.05, 3.63) is 28.3 Å². The van der Waals surface area contributed by atoms with Gasteiger partial charge in [0.25, 0.3) is 0 Å². The molecule has 6 heteroatoms. The summed E-state index contributed by atoms with van der Waals surface area (Å²) in [4.78, 5) is 7.17. The van der Waals surface area contributed by atoms with Gasteiger partial charge < -0.3 is 9.47 Å². The predicted octanol–water partition coefficient (Wildman–Crippen LogP) is 3.39. The first-order valence-electron chi connectivity index (χ1n) is 4.76. The largest absolute Gasteiger partial charge is 0.493 e. The zero-order chi connectivity index (χ0) is 12.4. The summed E-state index contributed by atoms with van der Waals surface area (Å²) in [5.74, 6) is 1.11. The first-order valence-corrected chi connectivity index (χ1v) is 5.14. The van der Waals surface area contributed by atoms with E-state index in [-0.39, 0.29) is 5.69 Å². The normalized spacial score (nSPS) is 10.0. The molecule has 0 fully saturated rings. The number of fused-ring (bicyclic) bond motifs is 1. The highest BCUT2D eigenvalue weighted by molar-refractivity contribution is 6.38. The van der Waals surface area contributed by atoms with Gasteiger partial charge in [0.15, 0.2) is 16.5 Å². The first-order chi connectivity index (χ1) is 8.21. The van der Waals surface area contributed by atoms with Crippen LogP contribution in [-0.2, 0) is 0 Å². The van der Waals surface area contributed by atoms with Crippen LogP contribution in [0, 0.1) is 5.39 Å². The predicted molar refractivity (Wildman–Crippen MR) is 64.6 cm³/mol. The maximum Gasteiger partial charge on any atom is 0.422 e. The Kier molecular flexibility index (Phi) is 2.98. The molecule has 2 aromatic rings. The Morgan fingerprint density at radius 2 is 1.88 bits per heavy atom. The molecule has 0 aliphatic heterocycles. The zero-order valence-electron chi connectivity index (χ0n) is 9.27. The van der Waals surface area contributed by atoms with Crippen molar-refractivity contribution in [2.75, 3.05) is 14.2 Å². The molecule has 1 heterocycles. The molecule has 0 aliphatic carbocycles. The van der Waals surface area contributed by atoms with Gasteiger partial charge in [0.2, 0.25) is 5.39 Å². The van der Waals surface area contributed by atoms with Crippen molar-refractivity contribution >= 4 is 28.2 Å². The van der Waals surface area contributed by atoms with Crippen LogP contribution in [0.15, 0.2) is 18.3 Å². The molecule has 5 nitrogen and oxygen atoms in total. The van der Waals surface area contributed by atoms with Crippen molar-refractivity contribution in [2.45, 2.75) is 0 Å². The molecule has 1 aromatic heterocycles. The van der Waals surface area contributed by atoms with E-state index in [4.69, 9.17) is 26.5 Å². The molecule has 0 amide bonds. The molecule has 1 aromatic carbocycles. The Hall–Kier alpha value is -2.06. The third-order valence-corrected chi connectivity index (χ3v) is 2.79. The van der Waals surface area contributed by atoms with Gasteiger partial charge in [0.1, 0.15) is 11.2 Å². The number of hydrogen-bond acceptors (Lipinski definition) is 4. The van der Waals surface area contributed by atoms with E-state index in [1.165, 1.54) is 13.3 Å². The second kappa shape index (κ2) is 4.44. The number of ether oxygens (including phenoxy) is 2. The summed E-state index contributed by atoms with van der Waals surface area (Å²) in [6.45, 7) is 0. The maximum atomic E-state index is 8.75. The van der Waals surface area contributed by atoms with Crippen LogP contribution in [0.5, 0.6) is 11.5 Å². The van der Waals surface area contributed by atoms with Gasteiger partial charge in [-0.3, -0.25) is 0 Å². The Morgan fingerprint density at radius 1 is 1.24 bits per heavy atom. The lowest BCUT2D eigenvalue weighted by atomic mass is 10.2. The number of hydrogen-bond donors (Lipinski definition) is 0. The number of pyridine rings is 1. The molecule has 0 unspecified atom stereocenters. The van der Waals surface area contributed by atoms with Crippen LogP contribution < -0.4 is 9.47 Å². The van der Waals surface area contributed by atoms with Crippen LogP contribution in [0.25, 0.3) is 15.9 Å². The molecule has 0 saturated heterocycles. The van der Waals surface area contributed by atoms with E-state index in [2.05, 4.69) is 9.96 Å². The van der Waals surface area contributed by atoms with Gasteiger partial charge in [-0.1, -0.05) is 11.6 Å². The molecule has 0 N–H and O–H groups in total. The van der Waals surface area contributed by atoms with Crippen molar-refractivity contribution in [1.29, 1.82) is 5.39 Å². The number of methoxy groups -OCH3 is 2. The molecule has 0 aliphatic rings. The lowest BCUT2D eigenvalue weighted by Crippen LogP contribution is -1.91. The second-order valence-corrected chi connectivity index (χ2v) is 3.66. The average Bonchev–Trinajstić information content (AvgIpc) is 2.38. The lowest BCUT2D eigenvalue weighted by molar-refractivity contribution is 0.356. The number of aromatic nitrogens is 1. The monoisotopic (exact) mass is 250 g/mol. The van der Waals surface area contributed by atoms with E-state index in [1.807, 2.05) is 0 Å². The van der Waals surface area contributed by atoms with E-state index >= 15 is 0 Å². The molecule has 0 radical (unpaired) electrons. The fraction of sp³-hybridized carbons (Fsp3) is 0.182. The van der Waals surface area contributed by atoms with E-state index in [9.17, 15) is 0 Å². The average molecular weight is 251 g/mol. The molecule has 86 valence electrons. The first kappa shape index (κ1) is 11.4. The Morgan fingerprint density at radius 3 is 2.47 bits per heavy atom. The minimum absolute atomic E-state index is 0.214. The lowest BCUT2D eigenvalue weighted by Gasteiger charge is -2.08. The van der Waals surface area contributed by atoms with E-state index < -0.39 is 0 Å². The third kappa shape index (κ3) is 1.83. The fourth-order valence-electron chi connectivity index (χ4n) is 1.55. The number of benzene rings is 1. The third-order valence-electron chi connectivity index (χ3n) is 2.40. The van der Waals surface area contributed by atoms with E-state index in [0.29, 0.717) is 27.4 Å². The molecule has 0 atom stereocenters. The van der Waals surface area contributed by atoms with Gasteiger partial charge in [-0.25, -0.2) is 4.98 Å². The molecule has 2 rings (SSSR count). The van der Waals surface area contributed by atoms with Gasteiger partial charge in [-0.15, -0.1) is 0 Å². The molecule has 0 bridgehead atoms. The van der Waals surface area contributed by atoms with Gasteiger partial charge in [0, 0.05) is 11.5 Å². The topological polar surface area (TPSA) is 59.5 Å². The van der Waals surface area contributed by atoms with Crippen molar-refractivity contribution in [3.8, 4) is 11.5 Å². The van der Waals surface area contributed by atoms with Crippen LogP contribution in [0.4, 0.5) is 5.69 Å². The van der Waals surface area contributed by atoms with Crippen molar-refractivity contribution in [2.24, 2.45) is 0 Å². The summed E-state index contributed by atoms with van der Waals surface area (Å²) >= 11 is 6.08. The number of diazo groups is 1. The van der Waals surface area contributed by atoms with Crippen molar-refractivity contribution in [3.63, 3.8) is 0 Å². The summed E-state index contributed by atoms with van der Waals surface area (Å²) in [6, 6.07) is 3.40. The minimum atomic E-state index is 0.214. The van der Waals surface area contributed by atoms with Gasteiger partial charge in [-0.2, -0.15) is 0 Å². The Labute approximate surface area is 103 Å². The Balaban J connectivity index is 2.80. The van der Waals surface area contributed by atoms with Gasteiger partial charge in [-0.05, 0) is 6.07 Å². The van der Waals surface area contributed by atoms with Crippen LogP contribution >= 0.6 is 11.6 Å². The highest BCUT2D eigenvalue weighted by atomic mass is 35.5. The SMILES string of the molecule is COc1cc2ncc([N+]#N)c(Cl)c2cc1OC. The van der Waals surface area contributed by atoms with Gasteiger partial charge in [0.05, 0.1) is 19.7 Å². The maximum absolute atomic E-state index is 8.75. The second-order valence-electron chi connectivity index (χ2n) is 3.28. The van der Waals surface area contributed by atoms with Crippen LogP contribution in [0.3, 0.4) is 0 Å². The van der Waals surface area contributed by atoms with Crippen molar-refractivity contribution < 1.29 is 9.47 Å². The van der Waals surface area contributed by atoms with Crippen LogP contribution in [-0.4, -0.2) is 19.2 Å². The molecule has 0 spiro atoms. The fourth-order valence-corrected chi connectivity index (χ4v) is 1.78. The Bertz CT molecular complexity index is 622. The molecular weight excluding hydrogens is 242 g/mol. The van der Waals surface area contributed by atoms with E-state index in [1.54, 1.807) is 19.2 Å².